The summed E-state index contributed by atoms with van der Waals surface area (Å²) >= 11 is 7.53. The number of anilines is 2. The van der Waals surface area contributed by atoms with E-state index in [0.29, 0.717) is 17.1 Å². The molecule has 242 valence electrons. The van der Waals surface area contributed by atoms with Gasteiger partial charge in [-0.1, -0.05) is 11.6 Å². The number of rotatable bonds is 12. The summed E-state index contributed by atoms with van der Waals surface area (Å²) in [6.45, 7) is -0.365. The summed E-state index contributed by atoms with van der Waals surface area (Å²) < 4.78 is 95.8. The lowest BCUT2D eigenvalue weighted by Gasteiger charge is -2.42. The van der Waals surface area contributed by atoms with E-state index < -0.39 is 44.9 Å². The Labute approximate surface area is 262 Å². The summed E-state index contributed by atoms with van der Waals surface area (Å²) in [6, 6.07) is 5.55. The second-order valence-corrected chi connectivity index (χ2v) is 13.5. The lowest BCUT2D eigenvalue weighted by Crippen LogP contribution is -2.51. The van der Waals surface area contributed by atoms with Crippen LogP contribution in [0.3, 0.4) is 0 Å². The number of hydrogen-bond acceptors (Lipinski definition) is 9. The van der Waals surface area contributed by atoms with Crippen LogP contribution in [-0.4, -0.2) is 76.1 Å². The minimum Gasteiger partial charge on any atom is -0.497 e. The third-order valence-corrected chi connectivity index (χ3v) is 10.6. The molecule has 1 aliphatic rings. The van der Waals surface area contributed by atoms with E-state index in [4.69, 9.17) is 21.1 Å². The van der Waals surface area contributed by atoms with Crippen LogP contribution in [-0.2, 0) is 16.6 Å². The number of alkyl halides is 3. The highest BCUT2D eigenvalue weighted by Gasteiger charge is 2.46. The first-order valence-corrected chi connectivity index (χ1v) is 16.3. The van der Waals surface area contributed by atoms with Crippen molar-refractivity contribution in [2.24, 2.45) is 5.92 Å². The Morgan fingerprint density at radius 3 is 2.55 bits per heavy atom. The fraction of sp³-hybridized carbons (Fsp3) is 0.464. The first-order valence-electron chi connectivity index (χ1n) is 13.6. The van der Waals surface area contributed by atoms with Gasteiger partial charge in [0.1, 0.15) is 22.2 Å². The Hall–Kier alpha value is -2.85. The molecule has 1 unspecified atom stereocenters. The van der Waals surface area contributed by atoms with E-state index in [2.05, 4.69) is 10.3 Å². The largest absolute Gasteiger partial charge is 0.497 e. The van der Waals surface area contributed by atoms with Crippen LogP contribution >= 0.6 is 22.9 Å². The lowest BCUT2D eigenvalue weighted by molar-refractivity contribution is -0.187. The highest BCUT2D eigenvalue weighted by atomic mass is 35.5. The number of aliphatic hydroxyl groups is 1. The minimum atomic E-state index is -4.57. The Kier molecular flexibility index (Phi) is 10.9. The summed E-state index contributed by atoms with van der Waals surface area (Å²) in [5.41, 5.74) is 0.503. The summed E-state index contributed by atoms with van der Waals surface area (Å²) in [5.74, 6) is -1.79. The minimum absolute atomic E-state index is 0.0404. The van der Waals surface area contributed by atoms with Gasteiger partial charge in [-0.3, -0.25) is 4.90 Å². The standard InChI is InChI=1S/C28H33ClF4N4O5S2/c1-36(9-10-38)24-12-18(28(31,32)33)5-7-22(24)35-23-15-21(30)26(14-20(23)29)44(39,40)37(27-34-8-11-43-27)16-17-4-6-19(41-2)13-25(17)42-3/h4,6,8,11,13-15,18,22,24,35,38H,5,7,9-10,12,16H2,1-3H3/t18?,22-,24-/m0/s1. The molecule has 0 spiro atoms. The van der Waals surface area contributed by atoms with Crippen LogP contribution in [0.1, 0.15) is 24.8 Å². The number of aromatic nitrogens is 1. The highest BCUT2D eigenvalue weighted by Crippen LogP contribution is 2.41. The molecule has 0 amide bonds. The number of benzene rings is 2. The summed E-state index contributed by atoms with van der Waals surface area (Å²) in [7, 11) is -0.0635. The highest BCUT2D eigenvalue weighted by molar-refractivity contribution is 7.93. The van der Waals surface area contributed by atoms with Crippen molar-refractivity contribution >= 4 is 43.8 Å². The molecule has 0 bridgehead atoms. The van der Waals surface area contributed by atoms with Crippen molar-refractivity contribution in [1.29, 1.82) is 0 Å². The number of hydrogen-bond donors (Lipinski definition) is 2. The Morgan fingerprint density at radius 1 is 1.18 bits per heavy atom. The van der Waals surface area contributed by atoms with Crippen molar-refractivity contribution in [3.63, 3.8) is 0 Å². The number of nitrogens with one attached hydrogen (secondary N) is 1. The van der Waals surface area contributed by atoms with Crippen molar-refractivity contribution in [3.05, 3.63) is 58.3 Å². The fourth-order valence-corrected chi connectivity index (χ4v) is 7.94. The molecule has 1 fully saturated rings. The molecule has 16 heteroatoms. The Balaban J connectivity index is 1.66. The zero-order chi connectivity index (χ0) is 32.2. The smallest absolute Gasteiger partial charge is 0.391 e. The zero-order valence-electron chi connectivity index (χ0n) is 24.1. The number of nitrogens with zero attached hydrogens (tertiary/aromatic N) is 3. The number of likely N-dealkylation sites (N-methyl/N-ethyl adjacent to an activating group) is 1. The quantitative estimate of drug-likeness (QED) is 0.232. The lowest BCUT2D eigenvalue weighted by atomic mass is 9.81. The van der Waals surface area contributed by atoms with Crippen LogP contribution in [0.2, 0.25) is 5.02 Å². The fourth-order valence-electron chi connectivity index (χ4n) is 5.31. The number of aliphatic hydroxyl groups excluding tert-OH is 1. The first-order chi connectivity index (χ1) is 20.8. The van der Waals surface area contributed by atoms with Gasteiger partial charge in [-0.15, -0.1) is 11.3 Å². The molecule has 4 rings (SSSR count). The molecule has 2 aromatic carbocycles. The van der Waals surface area contributed by atoms with Crippen LogP contribution in [0.5, 0.6) is 11.5 Å². The molecule has 1 aliphatic carbocycles. The van der Waals surface area contributed by atoms with E-state index >= 15 is 4.39 Å². The Morgan fingerprint density at radius 2 is 1.93 bits per heavy atom. The second-order valence-electron chi connectivity index (χ2n) is 10.3. The van der Waals surface area contributed by atoms with Gasteiger partial charge in [0.05, 0.1) is 44.0 Å². The molecule has 0 saturated heterocycles. The van der Waals surface area contributed by atoms with E-state index in [0.717, 1.165) is 27.8 Å². The van der Waals surface area contributed by atoms with Crippen molar-refractivity contribution < 1.29 is 40.6 Å². The third kappa shape index (κ3) is 7.50. The molecule has 0 radical (unpaired) electrons. The van der Waals surface area contributed by atoms with Gasteiger partial charge in [0.25, 0.3) is 10.0 Å². The molecule has 2 N–H and O–H groups in total. The molecule has 1 aromatic heterocycles. The van der Waals surface area contributed by atoms with Gasteiger partial charge in [0, 0.05) is 41.8 Å². The Bertz CT molecular complexity index is 1530. The van der Waals surface area contributed by atoms with Crippen molar-refractivity contribution in [2.75, 3.05) is 44.0 Å². The van der Waals surface area contributed by atoms with Crippen LogP contribution in [0, 0.1) is 11.7 Å². The molecule has 1 heterocycles. The molecule has 1 saturated carbocycles. The van der Waals surface area contributed by atoms with E-state index in [1.807, 2.05) is 0 Å². The molecule has 3 atom stereocenters. The molecule has 0 aliphatic heterocycles. The maximum absolute atomic E-state index is 15.7. The van der Waals surface area contributed by atoms with E-state index in [1.165, 1.54) is 20.4 Å². The number of methoxy groups -OCH3 is 2. The number of sulfonamides is 1. The van der Waals surface area contributed by atoms with E-state index in [9.17, 15) is 26.7 Å². The maximum atomic E-state index is 15.7. The monoisotopic (exact) mass is 680 g/mol. The number of thiazole rings is 1. The van der Waals surface area contributed by atoms with Gasteiger partial charge in [-0.05, 0) is 50.6 Å². The topological polar surface area (TPSA) is 104 Å². The van der Waals surface area contributed by atoms with E-state index in [1.54, 1.807) is 35.5 Å². The zero-order valence-corrected chi connectivity index (χ0v) is 26.5. The molecule has 3 aromatic rings. The summed E-state index contributed by atoms with van der Waals surface area (Å²) in [5, 5.41) is 14.0. The third-order valence-electron chi connectivity index (χ3n) is 7.67. The van der Waals surface area contributed by atoms with Gasteiger partial charge < -0.3 is 19.9 Å². The summed E-state index contributed by atoms with van der Waals surface area (Å²) in [6.07, 6.45) is -3.22. The van der Waals surface area contributed by atoms with Crippen LogP contribution in [0.25, 0.3) is 0 Å². The van der Waals surface area contributed by atoms with Gasteiger partial charge in [0.15, 0.2) is 5.13 Å². The maximum Gasteiger partial charge on any atom is 0.391 e. The van der Waals surface area contributed by atoms with Crippen molar-refractivity contribution in [2.45, 2.75) is 49.0 Å². The average Bonchev–Trinajstić information content (AvgIpc) is 3.51. The molecular weight excluding hydrogens is 648 g/mol. The van der Waals surface area contributed by atoms with Crippen molar-refractivity contribution in [1.82, 2.24) is 9.88 Å². The van der Waals surface area contributed by atoms with Gasteiger partial charge in [0.2, 0.25) is 0 Å². The van der Waals surface area contributed by atoms with Gasteiger partial charge in [-0.2, -0.15) is 13.2 Å². The predicted octanol–water partition coefficient (Wildman–Crippen LogP) is 5.78. The second kappa shape index (κ2) is 14.1. The number of ether oxygens (including phenoxy) is 2. The van der Waals surface area contributed by atoms with Gasteiger partial charge in [-0.25, -0.2) is 22.1 Å². The molecule has 44 heavy (non-hydrogen) atoms. The van der Waals surface area contributed by atoms with Crippen LogP contribution < -0.4 is 19.1 Å². The van der Waals surface area contributed by atoms with Crippen LogP contribution in [0.4, 0.5) is 28.4 Å². The average molecular weight is 681 g/mol. The SMILES string of the molecule is COc1ccc(CN(c2nccs2)S(=O)(=O)c2cc(Cl)c(N[C@H]3CCC(C(F)(F)F)C[C@@H]3N(C)CCO)cc2F)c(OC)c1. The van der Waals surface area contributed by atoms with Crippen LogP contribution in [0.15, 0.2) is 46.8 Å². The van der Waals surface area contributed by atoms with Gasteiger partial charge >= 0.3 is 6.18 Å². The predicted molar refractivity (Wildman–Crippen MR) is 161 cm³/mol. The summed E-state index contributed by atoms with van der Waals surface area (Å²) in [4.78, 5) is 5.05. The van der Waals surface area contributed by atoms with E-state index in [-0.39, 0.29) is 54.8 Å². The molecule has 9 nitrogen and oxygen atoms in total. The number of halogens is 5. The normalized spacial score (nSPS) is 19.2. The first kappa shape index (κ1) is 34.0. The molecular formula is C28H33ClF4N4O5S2. The van der Waals surface area contributed by atoms with Crippen molar-refractivity contribution in [3.8, 4) is 11.5 Å².